The van der Waals surface area contributed by atoms with Gasteiger partial charge in [-0.15, -0.1) is 0 Å². The molecule has 1 atom stereocenters. The Morgan fingerprint density at radius 2 is 1.65 bits per heavy atom. The van der Waals surface area contributed by atoms with Crippen molar-refractivity contribution in [1.82, 2.24) is 0 Å². The maximum Gasteiger partial charge on any atom is 0.339 e. The van der Waals surface area contributed by atoms with Crippen LogP contribution in [0.4, 0.5) is 0 Å². The molecule has 104 valence electrons. The van der Waals surface area contributed by atoms with Gasteiger partial charge in [-0.25, -0.2) is 4.79 Å². The van der Waals surface area contributed by atoms with Gasteiger partial charge in [0.05, 0.1) is 0 Å². The number of aromatic hydroxyl groups is 1. The predicted molar refractivity (Wildman–Crippen MR) is 78.2 cm³/mol. The average Bonchev–Trinajstić information content (AvgIpc) is 2.39. The third-order valence-corrected chi connectivity index (χ3v) is 3.44. The van der Waals surface area contributed by atoms with Crippen LogP contribution in [0.25, 0.3) is 0 Å². The summed E-state index contributed by atoms with van der Waals surface area (Å²) in [5.74, 6) is -0.830. The van der Waals surface area contributed by atoms with Gasteiger partial charge in [0.25, 0.3) is 0 Å². The van der Waals surface area contributed by atoms with Crippen LogP contribution in [0, 0.1) is 5.92 Å². The fourth-order valence-corrected chi connectivity index (χ4v) is 2.55. The van der Waals surface area contributed by atoms with Crippen molar-refractivity contribution in [2.45, 2.75) is 19.8 Å². The van der Waals surface area contributed by atoms with Gasteiger partial charge in [-0.2, -0.15) is 0 Å². The fraction of sp³-hybridized carbons (Fsp3) is 0.235. The Morgan fingerprint density at radius 1 is 1.00 bits per heavy atom. The molecule has 2 aromatic carbocycles. The Labute approximate surface area is 118 Å². The van der Waals surface area contributed by atoms with Crippen LogP contribution in [0.2, 0.25) is 0 Å². The molecule has 1 unspecified atom stereocenters. The van der Waals surface area contributed by atoms with Crippen LogP contribution in [-0.2, 0) is 0 Å². The molecule has 2 rings (SSSR count). The second-order valence-corrected chi connectivity index (χ2v) is 5.21. The molecule has 0 bridgehead atoms. The highest BCUT2D eigenvalue weighted by atomic mass is 16.4. The van der Waals surface area contributed by atoms with Crippen molar-refractivity contribution in [3.05, 3.63) is 65.2 Å². The van der Waals surface area contributed by atoms with Crippen molar-refractivity contribution >= 4 is 5.97 Å². The van der Waals surface area contributed by atoms with Crippen LogP contribution in [-0.4, -0.2) is 16.2 Å². The summed E-state index contributed by atoms with van der Waals surface area (Å²) in [5, 5.41) is 18.8. The van der Waals surface area contributed by atoms with E-state index in [9.17, 15) is 9.90 Å². The summed E-state index contributed by atoms with van der Waals surface area (Å²) < 4.78 is 0. The Morgan fingerprint density at radius 3 is 2.15 bits per heavy atom. The first-order valence-electron chi connectivity index (χ1n) is 6.62. The molecule has 0 saturated carbocycles. The summed E-state index contributed by atoms with van der Waals surface area (Å²) in [6, 6.07) is 14.8. The first-order valence-corrected chi connectivity index (χ1v) is 6.62. The monoisotopic (exact) mass is 270 g/mol. The summed E-state index contributed by atoms with van der Waals surface area (Å²) in [4.78, 5) is 10.9. The number of carboxylic acid groups (broad SMARTS) is 1. The van der Waals surface area contributed by atoms with Crippen molar-refractivity contribution in [2.24, 2.45) is 5.92 Å². The highest BCUT2D eigenvalue weighted by molar-refractivity contribution is 5.90. The minimum absolute atomic E-state index is 0.0654. The zero-order chi connectivity index (χ0) is 14.7. The van der Waals surface area contributed by atoms with Crippen LogP contribution >= 0.6 is 0 Å². The van der Waals surface area contributed by atoms with Gasteiger partial charge in [0.15, 0.2) is 0 Å². The number of rotatable bonds is 4. The van der Waals surface area contributed by atoms with Crippen LogP contribution < -0.4 is 0 Å². The number of phenols is 1. The number of aromatic carboxylic acids is 1. The van der Waals surface area contributed by atoms with E-state index in [-0.39, 0.29) is 17.2 Å². The SMILES string of the molecule is CC(C)C(c1ccccc1)c1ccc(C(=O)O)c(O)c1. The lowest BCUT2D eigenvalue weighted by molar-refractivity contribution is 0.0693. The normalized spacial score (nSPS) is 12.3. The van der Waals surface area contributed by atoms with Gasteiger partial charge in [0, 0.05) is 5.92 Å². The molecular weight excluding hydrogens is 252 g/mol. The smallest absolute Gasteiger partial charge is 0.339 e. The van der Waals surface area contributed by atoms with E-state index in [1.54, 1.807) is 12.1 Å². The molecule has 3 nitrogen and oxygen atoms in total. The minimum Gasteiger partial charge on any atom is -0.507 e. The second-order valence-electron chi connectivity index (χ2n) is 5.21. The van der Waals surface area contributed by atoms with Crippen molar-refractivity contribution < 1.29 is 15.0 Å². The van der Waals surface area contributed by atoms with Gasteiger partial charge in [-0.1, -0.05) is 50.2 Å². The molecule has 0 saturated heterocycles. The van der Waals surface area contributed by atoms with E-state index >= 15 is 0 Å². The summed E-state index contributed by atoms with van der Waals surface area (Å²) in [6.07, 6.45) is 0. The van der Waals surface area contributed by atoms with E-state index in [4.69, 9.17) is 5.11 Å². The molecule has 0 aromatic heterocycles. The van der Waals surface area contributed by atoms with Gasteiger partial charge in [0.1, 0.15) is 11.3 Å². The molecule has 2 aromatic rings. The Balaban J connectivity index is 2.46. The van der Waals surface area contributed by atoms with Crippen molar-refractivity contribution in [1.29, 1.82) is 0 Å². The number of hydrogen-bond acceptors (Lipinski definition) is 2. The lowest BCUT2D eigenvalue weighted by Gasteiger charge is -2.22. The molecule has 2 N–H and O–H groups in total. The van der Waals surface area contributed by atoms with Crippen molar-refractivity contribution in [2.75, 3.05) is 0 Å². The van der Waals surface area contributed by atoms with Gasteiger partial charge in [-0.3, -0.25) is 0 Å². The molecule has 0 aliphatic rings. The van der Waals surface area contributed by atoms with Gasteiger partial charge in [-0.05, 0) is 29.2 Å². The van der Waals surface area contributed by atoms with E-state index in [1.165, 1.54) is 6.07 Å². The molecule has 20 heavy (non-hydrogen) atoms. The summed E-state index contributed by atoms with van der Waals surface area (Å²) >= 11 is 0. The number of benzene rings is 2. The first kappa shape index (κ1) is 14.1. The van der Waals surface area contributed by atoms with E-state index in [1.807, 2.05) is 30.3 Å². The van der Waals surface area contributed by atoms with E-state index < -0.39 is 5.97 Å². The zero-order valence-corrected chi connectivity index (χ0v) is 11.6. The minimum atomic E-state index is -1.12. The molecule has 0 aliphatic heterocycles. The van der Waals surface area contributed by atoms with E-state index in [0.717, 1.165) is 11.1 Å². The third kappa shape index (κ3) is 2.82. The topological polar surface area (TPSA) is 57.5 Å². The van der Waals surface area contributed by atoms with Crippen LogP contribution in [0.15, 0.2) is 48.5 Å². The lowest BCUT2D eigenvalue weighted by Crippen LogP contribution is -2.09. The molecule has 0 aliphatic carbocycles. The van der Waals surface area contributed by atoms with E-state index in [0.29, 0.717) is 5.92 Å². The molecular formula is C17H18O3. The zero-order valence-electron chi connectivity index (χ0n) is 11.6. The van der Waals surface area contributed by atoms with Gasteiger partial charge >= 0.3 is 5.97 Å². The number of carboxylic acids is 1. The van der Waals surface area contributed by atoms with Crippen molar-refractivity contribution in [3.63, 3.8) is 0 Å². The van der Waals surface area contributed by atoms with Crippen LogP contribution in [0.5, 0.6) is 5.75 Å². The van der Waals surface area contributed by atoms with Crippen molar-refractivity contribution in [3.8, 4) is 5.75 Å². The highest BCUT2D eigenvalue weighted by Gasteiger charge is 2.20. The molecule has 0 radical (unpaired) electrons. The number of carbonyl (C=O) groups is 1. The highest BCUT2D eigenvalue weighted by Crippen LogP contribution is 2.34. The molecule has 0 heterocycles. The Hall–Kier alpha value is -2.29. The molecule has 0 amide bonds. The summed E-state index contributed by atoms with van der Waals surface area (Å²) in [6.45, 7) is 4.22. The summed E-state index contributed by atoms with van der Waals surface area (Å²) in [5.41, 5.74) is 2.02. The maximum atomic E-state index is 10.9. The Kier molecular flexibility index (Phi) is 4.08. The third-order valence-electron chi connectivity index (χ3n) is 3.44. The molecule has 0 fully saturated rings. The predicted octanol–water partition coefficient (Wildman–Crippen LogP) is 3.88. The maximum absolute atomic E-state index is 10.9. The largest absolute Gasteiger partial charge is 0.507 e. The lowest BCUT2D eigenvalue weighted by atomic mass is 9.82. The van der Waals surface area contributed by atoms with E-state index in [2.05, 4.69) is 13.8 Å². The van der Waals surface area contributed by atoms with Gasteiger partial charge < -0.3 is 10.2 Å². The standard InChI is InChI=1S/C17H18O3/c1-11(2)16(12-6-4-3-5-7-12)13-8-9-14(17(19)20)15(18)10-13/h3-11,16,18H,1-2H3,(H,19,20). The second kappa shape index (κ2) is 5.78. The quantitative estimate of drug-likeness (QED) is 0.886. The molecule has 3 heteroatoms. The fourth-order valence-electron chi connectivity index (χ4n) is 2.55. The Bertz CT molecular complexity index is 603. The first-order chi connectivity index (χ1) is 9.50. The van der Waals surface area contributed by atoms with Crippen LogP contribution in [0.1, 0.15) is 41.3 Å². The molecule has 0 spiro atoms. The van der Waals surface area contributed by atoms with Gasteiger partial charge in [0.2, 0.25) is 0 Å². The van der Waals surface area contributed by atoms with Crippen LogP contribution in [0.3, 0.4) is 0 Å². The number of hydrogen-bond donors (Lipinski definition) is 2. The average molecular weight is 270 g/mol. The summed E-state index contributed by atoms with van der Waals surface area (Å²) in [7, 11) is 0.